The molecule has 3 nitrogen and oxygen atoms in total. The van der Waals surface area contributed by atoms with E-state index in [1.165, 1.54) is 0 Å². The van der Waals surface area contributed by atoms with Gasteiger partial charge < -0.3 is 5.32 Å². The summed E-state index contributed by atoms with van der Waals surface area (Å²) in [4.78, 5) is 16.0. The highest BCUT2D eigenvalue weighted by atomic mass is 79.9. The minimum atomic E-state index is -0.145. The number of hydrogen-bond acceptors (Lipinski definition) is 2. The molecule has 0 aliphatic heterocycles. The summed E-state index contributed by atoms with van der Waals surface area (Å²) in [5.41, 5.74) is 2.35. The van der Waals surface area contributed by atoms with Gasteiger partial charge in [0.1, 0.15) is 0 Å². The Morgan fingerprint density at radius 1 is 1.35 bits per heavy atom. The average molecular weight is 291 g/mol. The number of anilines is 1. The van der Waals surface area contributed by atoms with Gasteiger partial charge in [0.05, 0.1) is 17.4 Å². The summed E-state index contributed by atoms with van der Waals surface area (Å²) in [5, 5.41) is 2.79. The molecule has 2 rings (SSSR count). The van der Waals surface area contributed by atoms with Gasteiger partial charge in [0, 0.05) is 10.7 Å². The molecule has 0 aliphatic carbocycles. The Hall–Kier alpha value is -1.68. The molecule has 2 aromatic rings. The molecule has 86 valence electrons. The summed E-state index contributed by atoms with van der Waals surface area (Å²) in [6.45, 7) is 1.95. The first-order valence-corrected chi connectivity index (χ1v) is 5.93. The van der Waals surface area contributed by atoms with Gasteiger partial charge in [0.15, 0.2) is 0 Å². The highest BCUT2D eigenvalue weighted by Crippen LogP contribution is 2.19. The number of rotatable bonds is 2. The quantitative estimate of drug-likeness (QED) is 0.921. The van der Waals surface area contributed by atoms with Crippen molar-refractivity contribution in [3.63, 3.8) is 0 Å². The molecule has 1 heterocycles. The van der Waals surface area contributed by atoms with E-state index in [-0.39, 0.29) is 5.91 Å². The molecule has 4 heteroatoms. The summed E-state index contributed by atoms with van der Waals surface area (Å²) >= 11 is 3.37. The Morgan fingerprint density at radius 2 is 2.18 bits per heavy atom. The van der Waals surface area contributed by atoms with Gasteiger partial charge in [-0.2, -0.15) is 0 Å². The van der Waals surface area contributed by atoms with E-state index in [0.29, 0.717) is 11.3 Å². The van der Waals surface area contributed by atoms with Crippen LogP contribution in [-0.2, 0) is 0 Å². The number of carbonyl (C=O) groups is 1. The third-order valence-electron chi connectivity index (χ3n) is 2.29. The van der Waals surface area contributed by atoms with E-state index in [1.54, 1.807) is 24.5 Å². The number of benzene rings is 1. The number of pyridine rings is 1. The van der Waals surface area contributed by atoms with E-state index in [4.69, 9.17) is 0 Å². The lowest BCUT2D eigenvalue weighted by Gasteiger charge is -2.07. The minimum absolute atomic E-state index is 0.145. The molecular formula is C13H11BrN2O. The molecule has 0 bridgehead atoms. The van der Waals surface area contributed by atoms with Gasteiger partial charge in [-0.3, -0.25) is 9.78 Å². The van der Waals surface area contributed by atoms with Gasteiger partial charge in [-0.15, -0.1) is 0 Å². The van der Waals surface area contributed by atoms with E-state index in [2.05, 4.69) is 26.2 Å². The lowest BCUT2D eigenvalue weighted by molar-refractivity contribution is 0.102. The molecule has 17 heavy (non-hydrogen) atoms. The Bertz CT molecular complexity index is 540. The first kappa shape index (κ1) is 11.8. The summed E-state index contributed by atoms with van der Waals surface area (Å²) in [6, 6.07) is 9.24. The molecule has 1 aromatic heterocycles. The first-order valence-electron chi connectivity index (χ1n) is 5.14. The first-order chi connectivity index (χ1) is 8.16. The van der Waals surface area contributed by atoms with Gasteiger partial charge in [0.25, 0.3) is 5.91 Å². The van der Waals surface area contributed by atoms with E-state index in [9.17, 15) is 4.79 Å². The van der Waals surface area contributed by atoms with Crippen molar-refractivity contribution in [1.82, 2.24) is 4.98 Å². The molecule has 0 radical (unpaired) electrons. The molecule has 0 fully saturated rings. The van der Waals surface area contributed by atoms with Gasteiger partial charge in [-0.05, 0) is 47.1 Å². The fourth-order valence-electron chi connectivity index (χ4n) is 1.45. The van der Waals surface area contributed by atoms with Crippen LogP contribution in [0.2, 0.25) is 0 Å². The van der Waals surface area contributed by atoms with Crippen molar-refractivity contribution in [1.29, 1.82) is 0 Å². The molecule has 0 spiro atoms. The fourth-order valence-corrected chi connectivity index (χ4v) is 1.87. The number of amides is 1. The van der Waals surface area contributed by atoms with Gasteiger partial charge in [-0.1, -0.05) is 11.6 Å². The number of carbonyl (C=O) groups excluding carboxylic acids is 1. The smallest absolute Gasteiger partial charge is 0.256 e. The number of aromatic nitrogens is 1. The van der Waals surface area contributed by atoms with Crippen LogP contribution in [0.4, 0.5) is 5.69 Å². The summed E-state index contributed by atoms with van der Waals surface area (Å²) in [7, 11) is 0. The third kappa shape index (κ3) is 2.91. The number of aryl methyl sites for hydroxylation is 1. The van der Waals surface area contributed by atoms with E-state index >= 15 is 0 Å². The van der Waals surface area contributed by atoms with Crippen molar-refractivity contribution in [3.05, 3.63) is 58.3 Å². The number of halogens is 1. The van der Waals surface area contributed by atoms with Gasteiger partial charge in [-0.25, -0.2) is 0 Å². The van der Waals surface area contributed by atoms with Crippen LogP contribution in [0.15, 0.2) is 47.2 Å². The maximum atomic E-state index is 12.0. The predicted molar refractivity (Wildman–Crippen MR) is 71.1 cm³/mol. The van der Waals surface area contributed by atoms with Crippen molar-refractivity contribution in [3.8, 4) is 0 Å². The highest BCUT2D eigenvalue weighted by molar-refractivity contribution is 9.10. The zero-order chi connectivity index (χ0) is 12.3. The largest absolute Gasteiger partial charge is 0.321 e. The minimum Gasteiger partial charge on any atom is -0.321 e. The van der Waals surface area contributed by atoms with E-state index in [1.807, 2.05) is 25.1 Å². The van der Waals surface area contributed by atoms with E-state index in [0.717, 1.165) is 10.0 Å². The van der Waals surface area contributed by atoms with Gasteiger partial charge in [0.2, 0.25) is 0 Å². The second-order valence-corrected chi connectivity index (χ2v) is 4.53. The van der Waals surface area contributed by atoms with Crippen molar-refractivity contribution in [2.24, 2.45) is 0 Å². The Balaban J connectivity index is 2.23. The van der Waals surface area contributed by atoms with Crippen LogP contribution in [0.1, 0.15) is 15.9 Å². The standard InChI is InChI=1S/C13H11BrN2O/c1-9-4-5-12(14)11(7-9)13(17)16-10-3-2-6-15-8-10/h2-8H,1H3,(H,16,17). The Labute approximate surface area is 108 Å². The van der Waals surface area contributed by atoms with Crippen molar-refractivity contribution in [2.75, 3.05) is 5.32 Å². The number of nitrogens with zero attached hydrogens (tertiary/aromatic N) is 1. The molecular weight excluding hydrogens is 280 g/mol. The molecule has 1 aromatic carbocycles. The van der Waals surface area contributed by atoms with Crippen LogP contribution in [0.5, 0.6) is 0 Å². The zero-order valence-corrected chi connectivity index (χ0v) is 10.9. The second-order valence-electron chi connectivity index (χ2n) is 3.68. The molecule has 0 atom stereocenters. The van der Waals surface area contributed by atoms with Crippen LogP contribution >= 0.6 is 15.9 Å². The van der Waals surface area contributed by atoms with Crippen LogP contribution in [0.25, 0.3) is 0 Å². The lowest BCUT2D eigenvalue weighted by atomic mass is 10.1. The maximum absolute atomic E-state index is 12.0. The summed E-state index contributed by atoms with van der Waals surface area (Å²) in [5.74, 6) is -0.145. The summed E-state index contributed by atoms with van der Waals surface area (Å²) < 4.78 is 0.782. The number of nitrogens with one attached hydrogen (secondary N) is 1. The Kier molecular flexibility index (Phi) is 3.54. The lowest BCUT2D eigenvalue weighted by Crippen LogP contribution is -2.12. The van der Waals surface area contributed by atoms with E-state index < -0.39 is 0 Å². The monoisotopic (exact) mass is 290 g/mol. The highest BCUT2D eigenvalue weighted by Gasteiger charge is 2.10. The fraction of sp³-hybridized carbons (Fsp3) is 0.0769. The second kappa shape index (κ2) is 5.10. The van der Waals surface area contributed by atoms with Crippen molar-refractivity contribution < 1.29 is 4.79 Å². The Morgan fingerprint density at radius 3 is 2.88 bits per heavy atom. The van der Waals surface area contributed by atoms with Crippen LogP contribution in [0, 0.1) is 6.92 Å². The topological polar surface area (TPSA) is 42.0 Å². The molecule has 1 N–H and O–H groups in total. The zero-order valence-electron chi connectivity index (χ0n) is 9.27. The maximum Gasteiger partial charge on any atom is 0.256 e. The van der Waals surface area contributed by atoms with Crippen LogP contribution in [-0.4, -0.2) is 10.9 Å². The number of hydrogen-bond donors (Lipinski definition) is 1. The molecule has 0 saturated carbocycles. The van der Waals surface area contributed by atoms with Crippen molar-refractivity contribution in [2.45, 2.75) is 6.92 Å². The van der Waals surface area contributed by atoms with Gasteiger partial charge >= 0.3 is 0 Å². The van der Waals surface area contributed by atoms with Crippen molar-refractivity contribution >= 4 is 27.5 Å². The van der Waals surface area contributed by atoms with Crippen LogP contribution in [0.3, 0.4) is 0 Å². The SMILES string of the molecule is Cc1ccc(Br)c(C(=O)Nc2cccnc2)c1. The molecule has 0 unspecified atom stereocenters. The summed E-state index contributed by atoms with van der Waals surface area (Å²) in [6.07, 6.45) is 3.28. The molecule has 1 amide bonds. The average Bonchev–Trinajstić information content (AvgIpc) is 2.33. The third-order valence-corrected chi connectivity index (χ3v) is 2.98. The normalized spacial score (nSPS) is 10.0. The molecule has 0 aliphatic rings. The molecule has 0 saturated heterocycles. The van der Waals surface area contributed by atoms with Crippen LogP contribution < -0.4 is 5.32 Å². The predicted octanol–water partition coefficient (Wildman–Crippen LogP) is 3.40.